The molecular formula is C17H17Cl2NO4S. The van der Waals surface area contributed by atoms with Crippen LogP contribution in [0, 0.1) is 0 Å². The summed E-state index contributed by atoms with van der Waals surface area (Å²) in [7, 11) is 0. The number of carbonyl (C=O) groups is 2. The van der Waals surface area contributed by atoms with Gasteiger partial charge in [0.05, 0.1) is 13.2 Å². The molecule has 1 heterocycles. The van der Waals surface area contributed by atoms with Crippen molar-refractivity contribution in [3.63, 3.8) is 0 Å². The summed E-state index contributed by atoms with van der Waals surface area (Å²) in [5.41, 5.74) is 1.73. The molecular weight excluding hydrogens is 385 g/mol. The zero-order valence-electron chi connectivity index (χ0n) is 13.7. The van der Waals surface area contributed by atoms with Crippen molar-refractivity contribution in [2.24, 2.45) is 0 Å². The van der Waals surface area contributed by atoms with E-state index >= 15 is 0 Å². The molecule has 0 radical (unpaired) electrons. The van der Waals surface area contributed by atoms with Crippen LogP contribution in [-0.4, -0.2) is 29.9 Å². The van der Waals surface area contributed by atoms with Crippen LogP contribution in [0.2, 0.25) is 0 Å². The van der Waals surface area contributed by atoms with Crippen molar-refractivity contribution in [3.05, 3.63) is 35.2 Å². The number of benzene rings is 1. The first-order valence-corrected chi connectivity index (χ1v) is 9.34. The van der Waals surface area contributed by atoms with Crippen molar-refractivity contribution < 1.29 is 19.1 Å². The van der Waals surface area contributed by atoms with Crippen molar-refractivity contribution in [1.29, 1.82) is 0 Å². The Hall–Kier alpha value is -1.76. The monoisotopic (exact) mass is 401 g/mol. The molecule has 1 aromatic carbocycles. The predicted octanol–water partition coefficient (Wildman–Crippen LogP) is 4.73. The van der Waals surface area contributed by atoms with E-state index in [1.807, 2.05) is 31.2 Å². The summed E-state index contributed by atoms with van der Waals surface area (Å²) in [5, 5.41) is 4.68. The maximum atomic E-state index is 12.4. The number of hydrogen-bond acceptors (Lipinski definition) is 5. The lowest BCUT2D eigenvalue weighted by Gasteiger charge is -2.09. The number of alkyl halides is 2. The Balaban J connectivity index is 2.41. The maximum absolute atomic E-state index is 12.4. The average Bonchev–Trinajstić information content (AvgIpc) is 2.99. The molecule has 1 N–H and O–H groups in total. The van der Waals surface area contributed by atoms with E-state index in [0.29, 0.717) is 17.2 Å². The molecule has 0 aliphatic rings. The van der Waals surface area contributed by atoms with E-state index in [-0.39, 0.29) is 12.2 Å². The Morgan fingerprint density at radius 3 is 2.40 bits per heavy atom. The number of hydrogen-bond donors (Lipinski definition) is 1. The van der Waals surface area contributed by atoms with Gasteiger partial charge in [-0.1, -0.05) is 35.3 Å². The largest absolute Gasteiger partial charge is 0.494 e. The second kappa shape index (κ2) is 9.08. The number of rotatable bonds is 7. The first-order valence-electron chi connectivity index (χ1n) is 7.58. The van der Waals surface area contributed by atoms with Crippen LogP contribution in [0.5, 0.6) is 5.75 Å². The lowest BCUT2D eigenvalue weighted by molar-refractivity contribution is -0.114. The predicted molar refractivity (Wildman–Crippen MR) is 101 cm³/mol. The van der Waals surface area contributed by atoms with Gasteiger partial charge in [-0.2, -0.15) is 0 Å². The Morgan fingerprint density at radius 1 is 1.16 bits per heavy atom. The van der Waals surface area contributed by atoms with Crippen LogP contribution in [0.3, 0.4) is 0 Å². The van der Waals surface area contributed by atoms with Gasteiger partial charge in [0, 0.05) is 10.9 Å². The minimum atomic E-state index is -1.23. The quantitative estimate of drug-likeness (QED) is 0.537. The van der Waals surface area contributed by atoms with Gasteiger partial charge in [-0.25, -0.2) is 4.79 Å². The third-order valence-electron chi connectivity index (χ3n) is 3.18. The van der Waals surface area contributed by atoms with Gasteiger partial charge < -0.3 is 14.8 Å². The summed E-state index contributed by atoms with van der Waals surface area (Å²) < 4.78 is 10.5. The van der Waals surface area contributed by atoms with E-state index in [9.17, 15) is 9.59 Å². The van der Waals surface area contributed by atoms with E-state index in [2.05, 4.69) is 5.32 Å². The van der Waals surface area contributed by atoms with Crippen molar-refractivity contribution in [2.75, 3.05) is 18.5 Å². The molecule has 2 rings (SSSR count). The molecule has 2 aromatic rings. The summed E-state index contributed by atoms with van der Waals surface area (Å²) in [5.74, 6) is -0.391. The molecule has 0 unspecified atom stereocenters. The first-order chi connectivity index (χ1) is 12.0. The summed E-state index contributed by atoms with van der Waals surface area (Å²) in [6.45, 7) is 4.41. The van der Waals surface area contributed by atoms with Crippen molar-refractivity contribution in [3.8, 4) is 16.9 Å². The van der Waals surface area contributed by atoms with E-state index in [1.165, 1.54) is 11.3 Å². The molecule has 5 nitrogen and oxygen atoms in total. The van der Waals surface area contributed by atoms with E-state index in [4.69, 9.17) is 32.7 Å². The minimum Gasteiger partial charge on any atom is -0.494 e. The lowest BCUT2D eigenvalue weighted by atomic mass is 10.0. The van der Waals surface area contributed by atoms with Crippen LogP contribution in [-0.2, 0) is 9.53 Å². The van der Waals surface area contributed by atoms with Gasteiger partial charge >= 0.3 is 5.97 Å². The highest BCUT2D eigenvalue weighted by Gasteiger charge is 2.24. The zero-order valence-corrected chi connectivity index (χ0v) is 16.0. The van der Waals surface area contributed by atoms with Gasteiger partial charge in [-0.3, -0.25) is 4.79 Å². The molecule has 0 saturated heterocycles. The highest BCUT2D eigenvalue weighted by atomic mass is 35.5. The third-order valence-corrected chi connectivity index (χ3v) is 4.47. The Morgan fingerprint density at radius 2 is 1.84 bits per heavy atom. The molecule has 1 aromatic heterocycles. The maximum Gasteiger partial charge on any atom is 0.341 e. The third kappa shape index (κ3) is 4.87. The number of anilines is 1. The van der Waals surface area contributed by atoms with Gasteiger partial charge in [0.25, 0.3) is 5.91 Å². The smallest absolute Gasteiger partial charge is 0.341 e. The van der Waals surface area contributed by atoms with E-state index in [1.54, 1.807) is 12.3 Å². The Kier molecular flexibility index (Phi) is 7.11. The SMILES string of the molecule is CCOC(=O)c1c(-c2ccc(OCC)cc2)csc1NC(=O)C(Cl)Cl. The van der Waals surface area contributed by atoms with E-state index in [0.717, 1.165) is 11.3 Å². The molecule has 0 bridgehead atoms. The molecule has 1 amide bonds. The zero-order chi connectivity index (χ0) is 18.4. The number of esters is 1. The Bertz CT molecular complexity index is 744. The second-order valence-corrected chi connectivity index (χ2v) is 6.80. The first kappa shape index (κ1) is 19.6. The van der Waals surface area contributed by atoms with Crippen LogP contribution in [0.15, 0.2) is 29.6 Å². The number of carbonyl (C=O) groups excluding carboxylic acids is 2. The highest BCUT2D eigenvalue weighted by molar-refractivity contribution is 7.15. The Labute approximate surface area is 159 Å². The van der Waals surface area contributed by atoms with Crippen LogP contribution in [0.25, 0.3) is 11.1 Å². The van der Waals surface area contributed by atoms with Crippen molar-refractivity contribution >= 4 is 51.4 Å². The molecule has 8 heteroatoms. The van der Waals surface area contributed by atoms with Crippen LogP contribution in [0.4, 0.5) is 5.00 Å². The minimum absolute atomic E-state index is 0.221. The van der Waals surface area contributed by atoms with Gasteiger partial charge in [0.2, 0.25) is 0 Å². The number of thiophene rings is 1. The van der Waals surface area contributed by atoms with Crippen LogP contribution < -0.4 is 10.1 Å². The fourth-order valence-corrected chi connectivity index (χ4v) is 3.20. The fourth-order valence-electron chi connectivity index (χ4n) is 2.13. The van der Waals surface area contributed by atoms with E-state index < -0.39 is 16.7 Å². The molecule has 0 fully saturated rings. The highest BCUT2D eigenvalue weighted by Crippen LogP contribution is 2.37. The van der Waals surface area contributed by atoms with Gasteiger partial charge in [0.15, 0.2) is 4.84 Å². The van der Waals surface area contributed by atoms with Crippen LogP contribution in [0.1, 0.15) is 24.2 Å². The number of halogens is 2. The normalized spacial score (nSPS) is 10.6. The summed E-state index contributed by atoms with van der Waals surface area (Å²) in [6, 6.07) is 7.31. The fraction of sp³-hybridized carbons (Fsp3) is 0.294. The molecule has 134 valence electrons. The van der Waals surface area contributed by atoms with Gasteiger partial charge in [0.1, 0.15) is 16.3 Å². The second-order valence-electron chi connectivity index (χ2n) is 4.82. The summed E-state index contributed by atoms with van der Waals surface area (Å²) >= 11 is 12.3. The molecule has 0 atom stereocenters. The number of amides is 1. The summed E-state index contributed by atoms with van der Waals surface area (Å²) in [4.78, 5) is 22.9. The number of ether oxygens (including phenoxy) is 2. The lowest BCUT2D eigenvalue weighted by Crippen LogP contribution is -2.19. The standard InChI is InChI=1S/C17H17Cl2NO4S/c1-3-23-11-7-5-10(6-8-11)12-9-25-16(20-15(21)14(18)19)13(12)17(22)24-4-2/h5-9,14H,3-4H2,1-2H3,(H,20,21). The topological polar surface area (TPSA) is 64.6 Å². The van der Waals surface area contributed by atoms with Gasteiger partial charge in [-0.15, -0.1) is 11.3 Å². The molecule has 0 saturated carbocycles. The average molecular weight is 402 g/mol. The van der Waals surface area contributed by atoms with Crippen molar-refractivity contribution in [2.45, 2.75) is 18.7 Å². The van der Waals surface area contributed by atoms with Gasteiger partial charge in [-0.05, 0) is 31.5 Å². The summed E-state index contributed by atoms with van der Waals surface area (Å²) in [6.07, 6.45) is 0. The number of nitrogens with one attached hydrogen (secondary N) is 1. The molecule has 25 heavy (non-hydrogen) atoms. The molecule has 0 aliphatic carbocycles. The molecule has 0 spiro atoms. The van der Waals surface area contributed by atoms with Crippen molar-refractivity contribution in [1.82, 2.24) is 0 Å². The molecule has 0 aliphatic heterocycles. The van der Waals surface area contributed by atoms with Crippen LogP contribution >= 0.6 is 34.5 Å².